The molecule has 2 rings (SSSR count). The lowest BCUT2D eigenvalue weighted by Crippen LogP contribution is -2.43. The van der Waals surface area contributed by atoms with Crippen molar-refractivity contribution in [2.24, 2.45) is 5.14 Å². The Balaban J connectivity index is 2.52. The molecule has 1 fully saturated rings. The van der Waals surface area contributed by atoms with E-state index in [0.717, 1.165) is 12.8 Å². The highest BCUT2D eigenvalue weighted by Gasteiger charge is 2.37. The van der Waals surface area contributed by atoms with Crippen LogP contribution in [0.1, 0.15) is 37.0 Å². The van der Waals surface area contributed by atoms with Crippen molar-refractivity contribution in [3.05, 3.63) is 29.3 Å². The van der Waals surface area contributed by atoms with Crippen molar-refractivity contribution < 1.29 is 22.0 Å². The largest absolute Gasteiger partial charge is 0.333 e. The Bertz CT molecular complexity index is 702. The number of halogens is 2. The van der Waals surface area contributed by atoms with Crippen molar-refractivity contribution in [3.63, 3.8) is 0 Å². The molecule has 0 aliphatic carbocycles. The van der Waals surface area contributed by atoms with E-state index in [-0.39, 0.29) is 0 Å². The highest BCUT2D eigenvalue weighted by atomic mass is 32.2. The SMILES string of the molecule is CC1(C)CCCN1C(=O)c1cc(S(N)(=O)=O)c(F)cc1F. The van der Waals surface area contributed by atoms with Gasteiger partial charge in [0.05, 0.1) is 5.56 Å². The van der Waals surface area contributed by atoms with E-state index >= 15 is 0 Å². The zero-order valence-corrected chi connectivity index (χ0v) is 12.5. The van der Waals surface area contributed by atoms with Crippen molar-refractivity contribution in [1.29, 1.82) is 0 Å². The van der Waals surface area contributed by atoms with E-state index in [1.54, 1.807) is 0 Å². The fourth-order valence-corrected chi connectivity index (χ4v) is 3.15. The van der Waals surface area contributed by atoms with Crippen LogP contribution in [0.15, 0.2) is 17.0 Å². The third-order valence-electron chi connectivity index (χ3n) is 3.70. The predicted molar refractivity (Wildman–Crippen MR) is 72.1 cm³/mol. The van der Waals surface area contributed by atoms with Gasteiger partial charge in [-0.2, -0.15) is 0 Å². The topological polar surface area (TPSA) is 80.5 Å². The van der Waals surface area contributed by atoms with Gasteiger partial charge in [0.1, 0.15) is 16.5 Å². The van der Waals surface area contributed by atoms with Gasteiger partial charge in [0.15, 0.2) is 0 Å². The highest BCUT2D eigenvalue weighted by Crippen LogP contribution is 2.31. The first-order valence-electron chi connectivity index (χ1n) is 6.38. The molecule has 5 nitrogen and oxygen atoms in total. The Labute approximate surface area is 121 Å². The minimum atomic E-state index is -4.37. The van der Waals surface area contributed by atoms with Crippen LogP contribution in [0.25, 0.3) is 0 Å². The second-order valence-corrected chi connectivity index (χ2v) is 7.21. The molecule has 1 heterocycles. The second kappa shape index (κ2) is 5.03. The van der Waals surface area contributed by atoms with Gasteiger partial charge >= 0.3 is 0 Å². The summed E-state index contributed by atoms with van der Waals surface area (Å²) in [5.74, 6) is -3.08. The number of nitrogens with two attached hydrogens (primary N) is 1. The molecule has 0 atom stereocenters. The van der Waals surface area contributed by atoms with E-state index in [1.165, 1.54) is 4.90 Å². The molecule has 1 aliphatic heterocycles. The predicted octanol–water partition coefficient (Wildman–Crippen LogP) is 1.63. The molecule has 1 aromatic carbocycles. The number of hydrogen-bond donors (Lipinski definition) is 1. The molecule has 8 heteroatoms. The number of nitrogens with zero attached hydrogens (tertiary/aromatic N) is 1. The Morgan fingerprint density at radius 2 is 1.90 bits per heavy atom. The summed E-state index contributed by atoms with van der Waals surface area (Å²) in [5.41, 5.74) is -0.949. The van der Waals surface area contributed by atoms with E-state index < -0.39 is 43.6 Å². The zero-order valence-electron chi connectivity index (χ0n) is 11.7. The van der Waals surface area contributed by atoms with Gasteiger partial charge in [-0.1, -0.05) is 0 Å². The normalized spacial score (nSPS) is 18.0. The lowest BCUT2D eigenvalue weighted by Gasteiger charge is -2.31. The summed E-state index contributed by atoms with van der Waals surface area (Å²) >= 11 is 0. The number of likely N-dealkylation sites (tertiary alicyclic amines) is 1. The minimum Gasteiger partial charge on any atom is -0.333 e. The Morgan fingerprint density at radius 1 is 1.29 bits per heavy atom. The van der Waals surface area contributed by atoms with E-state index in [0.29, 0.717) is 18.7 Å². The fourth-order valence-electron chi connectivity index (χ4n) is 2.54. The highest BCUT2D eigenvalue weighted by molar-refractivity contribution is 7.89. The number of benzene rings is 1. The average Bonchev–Trinajstić information content (AvgIpc) is 2.66. The summed E-state index contributed by atoms with van der Waals surface area (Å²) < 4.78 is 49.9. The van der Waals surface area contributed by atoms with Crippen LogP contribution >= 0.6 is 0 Å². The zero-order chi connectivity index (χ0) is 16.0. The van der Waals surface area contributed by atoms with Crippen LogP contribution in [-0.4, -0.2) is 31.3 Å². The number of sulfonamides is 1. The van der Waals surface area contributed by atoms with Crippen LogP contribution < -0.4 is 5.14 Å². The second-order valence-electron chi connectivity index (χ2n) is 5.68. The van der Waals surface area contributed by atoms with Crippen LogP contribution in [0.3, 0.4) is 0 Å². The Morgan fingerprint density at radius 3 is 2.38 bits per heavy atom. The number of rotatable bonds is 2. The van der Waals surface area contributed by atoms with Crippen LogP contribution in [0, 0.1) is 11.6 Å². The van der Waals surface area contributed by atoms with Gasteiger partial charge in [0.25, 0.3) is 5.91 Å². The maximum absolute atomic E-state index is 13.9. The summed E-state index contributed by atoms with van der Waals surface area (Å²) in [5, 5.41) is 4.87. The monoisotopic (exact) mass is 318 g/mol. The average molecular weight is 318 g/mol. The summed E-state index contributed by atoms with van der Waals surface area (Å²) in [6.45, 7) is 4.10. The summed E-state index contributed by atoms with van der Waals surface area (Å²) in [4.78, 5) is 13.0. The molecule has 0 spiro atoms. The van der Waals surface area contributed by atoms with Crippen LogP contribution in [-0.2, 0) is 10.0 Å². The van der Waals surface area contributed by atoms with Crippen LogP contribution in [0.5, 0.6) is 0 Å². The third kappa shape index (κ3) is 2.91. The van der Waals surface area contributed by atoms with Crippen molar-refractivity contribution in [1.82, 2.24) is 4.90 Å². The van der Waals surface area contributed by atoms with Gasteiger partial charge in [-0.05, 0) is 32.8 Å². The molecule has 0 radical (unpaired) electrons. The van der Waals surface area contributed by atoms with Gasteiger partial charge < -0.3 is 4.90 Å². The number of carbonyl (C=O) groups excluding carboxylic acids is 1. The standard InChI is InChI=1S/C13H16F2N2O3S/c1-13(2)4-3-5-17(13)12(18)8-6-11(21(16,19)20)10(15)7-9(8)14/h6-7H,3-5H2,1-2H3,(H2,16,19,20). The summed E-state index contributed by atoms with van der Waals surface area (Å²) in [6, 6.07) is 1.03. The molecular weight excluding hydrogens is 302 g/mol. The summed E-state index contributed by atoms with van der Waals surface area (Å²) in [7, 11) is -4.37. The van der Waals surface area contributed by atoms with Gasteiger partial charge in [0.2, 0.25) is 10.0 Å². The van der Waals surface area contributed by atoms with E-state index in [9.17, 15) is 22.0 Å². The smallest absolute Gasteiger partial charge is 0.257 e. The van der Waals surface area contributed by atoms with Crippen LogP contribution in [0.2, 0.25) is 0 Å². The fraction of sp³-hybridized carbons (Fsp3) is 0.462. The molecule has 116 valence electrons. The van der Waals surface area contributed by atoms with Crippen molar-refractivity contribution in [3.8, 4) is 0 Å². The molecule has 1 aromatic rings. The lowest BCUT2D eigenvalue weighted by atomic mass is 10.0. The maximum atomic E-state index is 13.9. The molecule has 1 saturated heterocycles. The summed E-state index contributed by atoms with van der Waals surface area (Å²) in [6.07, 6.45) is 1.52. The van der Waals surface area contributed by atoms with Gasteiger partial charge in [0, 0.05) is 18.2 Å². The lowest BCUT2D eigenvalue weighted by molar-refractivity contribution is 0.0646. The minimum absolute atomic E-state index is 0.371. The Kier molecular flexibility index (Phi) is 3.79. The molecule has 0 saturated carbocycles. The van der Waals surface area contributed by atoms with Crippen molar-refractivity contribution >= 4 is 15.9 Å². The van der Waals surface area contributed by atoms with Crippen molar-refractivity contribution in [2.75, 3.05) is 6.54 Å². The quantitative estimate of drug-likeness (QED) is 0.900. The third-order valence-corrected chi connectivity index (χ3v) is 4.63. The number of primary sulfonamides is 1. The van der Waals surface area contributed by atoms with E-state index in [2.05, 4.69) is 0 Å². The molecule has 0 unspecified atom stereocenters. The first-order chi connectivity index (χ1) is 9.54. The van der Waals surface area contributed by atoms with E-state index in [4.69, 9.17) is 5.14 Å². The molecule has 0 aromatic heterocycles. The van der Waals surface area contributed by atoms with Gasteiger partial charge in [-0.3, -0.25) is 4.79 Å². The molecule has 21 heavy (non-hydrogen) atoms. The van der Waals surface area contributed by atoms with Crippen molar-refractivity contribution in [2.45, 2.75) is 37.1 Å². The molecule has 1 amide bonds. The Hall–Kier alpha value is -1.54. The number of amides is 1. The molecule has 0 bridgehead atoms. The van der Waals surface area contributed by atoms with Gasteiger partial charge in [-0.15, -0.1) is 0 Å². The van der Waals surface area contributed by atoms with Gasteiger partial charge in [-0.25, -0.2) is 22.3 Å². The number of carbonyl (C=O) groups is 1. The first-order valence-corrected chi connectivity index (χ1v) is 7.92. The molecular formula is C13H16F2N2O3S. The first kappa shape index (κ1) is 15.8. The number of hydrogen-bond acceptors (Lipinski definition) is 3. The maximum Gasteiger partial charge on any atom is 0.257 e. The van der Waals surface area contributed by atoms with E-state index in [1.807, 2.05) is 13.8 Å². The van der Waals surface area contributed by atoms with Crippen LogP contribution in [0.4, 0.5) is 8.78 Å². The molecule has 1 aliphatic rings. The molecule has 2 N–H and O–H groups in total.